The Labute approximate surface area is 380 Å². The van der Waals surface area contributed by atoms with Crippen molar-refractivity contribution in [1.82, 2.24) is 0 Å². The van der Waals surface area contributed by atoms with Crippen LogP contribution < -0.4 is 4.90 Å². The van der Waals surface area contributed by atoms with Gasteiger partial charge < -0.3 is 4.90 Å². The van der Waals surface area contributed by atoms with Gasteiger partial charge in [0.05, 0.1) is 0 Å². The minimum Gasteiger partial charge on any atom is -0.311 e. The molecule has 0 atom stereocenters. The highest BCUT2D eigenvalue weighted by Gasteiger charge is 2.14. The van der Waals surface area contributed by atoms with Crippen LogP contribution in [0.4, 0.5) is 17.1 Å². The molecule has 1 nitrogen and oxygen atoms in total. The summed E-state index contributed by atoms with van der Waals surface area (Å²) in [4.78, 5) is 2.32. The maximum Gasteiger partial charge on any atom is 0.0462 e. The Morgan fingerprint density at radius 3 is 0.516 bits per heavy atom. The zero-order chi connectivity index (χ0) is 43.9. The van der Waals surface area contributed by atoms with Crippen LogP contribution in [0.15, 0.2) is 267 Å². The summed E-state index contributed by atoms with van der Waals surface area (Å²) in [7, 11) is 0. The summed E-state index contributed by atoms with van der Waals surface area (Å²) in [5, 5.41) is 0. The topological polar surface area (TPSA) is 3.24 Å². The molecule has 1 heteroatoms. The summed E-state index contributed by atoms with van der Waals surface area (Å²) < 4.78 is 0. The fourth-order valence-electron chi connectivity index (χ4n) is 7.62. The normalized spacial score (nSPS) is 10.4. The van der Waals surface area contributed by atoms with Crippen LogP contribution in [-0.4, -0.2) is 0 Å². The second-order valence-electron chi connectivity index (χ2n) is 16.0. The molecule has 0 aliphatic rings. The van der Waals surface area contributed by atoms with E-state index in [1.807, 2.05) is 12.1 Å². The van der Waals surface area contributed by atoms with Crippen molar-refractivity contribution in [2.45, 2.75) is 20.8 Å². The smallest absolute Gasteiger partial charge is 0.0462 e. The van der Waals surface area contributed by atoms with E-state index >= 15 is 0 Å². The lowest BCUT2D eigenvalue weighted by Gasteiger charge is -2.26. The molecule has 0 aliphatic heterocycles. The van der Waals surface area contributed by atoms with Crippen molar-refractivity contribution < 1.29 is 0 Å². The summed E-state index contributed by atoms with van der Waals surface area (Å²) >= 11 is 0. The Kier molecular flexibility index (Phi) is 14.1. The van der Waals surface area contributed by atoms with E-state index in [1.165, 1.54) is 72.3 Å². The predicted molar refractivity (Wildman–Crippen MR) is 275 cm³/mol. The van der Waals surface area contributed by atoms with Gasteiger partial charge in [0.15, 0.2) is 0 Å². The zero-order valence-corrected chi connectivity index (χ0v) is 36.9. The fourth-order valence-corrected chi connectivity index (χ4v) is 7.62. The highest BCUT2D eigenvalue weighted by Crippen LogP contribution is 2.37. The van der Waals surface area contributed by atoms with E-state index in [1.54, 1.807) is 0 Å². The maximum absolute atomic E-state index is 2.32. The van der Waals surface area contributed by atoms with Gasteiger partial charge in [0.2, 0.25) is 0 Å². The van der Waals surface area contributed by atoms with E-state index in [0.717, 1.165) is 17.1 Å². The minimum atomic E-state index is 1.13. The average molecular weight is 824 g/mol. The molecule has 0 unspecified atom stereocenters. The quantitative estimate of drug-likeness (QED) is 0.148. The van der Waals surface area contributed by atoms with Crippen molar-refractivity contribution in [2.75, 3.05) is 4.90 Å². The first-order chi connectivity index (χ1) is 31.5. The van der Waals surface area contributed by atoms with Crippen LogP contribution in [0.5, 0.6) is 0 Å². The lowest BCUT2D eigenvalue weighted by atomic mass is 10.0. The molecule has 10 aromatic rings. The zero-order valence-electron chi connectivity index (χ0n) is 36.9. The van der Waals surface area contributed by atoms with Crippen LogP contribution >= 0.6 is 0 Å². The van der Waals surface area contributed by atoms with E-state index in [2.05, 4.69) is 280 Å². The Balaban J connectivity index is 0.000000174. The molecular weight excluding hydrogens is 771 g/mol. The third-order valence-electron chi connectivity index (χ3n) is 11.3. The van der Waals surface area contributed by atoms with Gasteiger partial charge >= 0.3 is 0 Å². The number of benzene rings is 10. The first-order valence-electron chi connectivity index (χ1n) is 22.0. The van der Waals surface area contributed by atoms with Crippen molar-refractivity contribution in [3.8, 4) is 55.6 Å². The first kappa shape index (κ1) is 42.7. The summed E-state index contributed by atoms with van der Waals surface area (Å²) in [6.45, 7) is 6.33. The lowest BCUT2D eigenvalue weighted by Crippen LogP contribution is -2.09. The van der Waals surface area contributed by atoms with Crippen molar-refractivity contribution in [1.29, 1.82) is 0 Å². The number of nitrogens with zero attached hydrogens (tertiary/aromatic N) is 1. The molecule has 0 spiro atoms. The molecule has 0 radical (unpaired) electrons. The van der Waals surface area contributed by atoms with Crippen molar-refractivity contribution in [2.24, 2.45) is 0 Å². The van der Waals surface area contributed by atoms with Gasteiger partial charge in [-0.25, -0.2) is 0 Å². The minimum absolute atomic E-state index is 1.13. The van der Waals surface area contributed by atoms with E-state index in [-0.39, 0.29) is 0 Å². The SMILES string of the molecule is Cc1ccc(-c2ccc(N(c3ccc(-c4ccccc4)cc3)c3ccc(-c4ccccc4)cc3)cc2)cc1.Cc1ccc(-c2ccccc2)cc1.Cc1ccc(-c2ccccc2)cc1. The Morgan fingerprint density at radius 1 is 0.172 bits per heavy atom. The molecule has 0 saturated heterocycles. The van der Waals surface area contributed by atoms with Crippen LogP contribution in [-0.2, 0) is 0 Å². The van der Waals surface area contributed by atoms with Gasteiger partial charge in [0, 0.05) is 17.1 Å². The molecule has 0 bridgehead atoms. The van der Waals surface area contributed by atoms with E-state index < -0.39 is 0 Å². The Bertz CT molecular complexity index is 2740. The van der Waals surface area contributed by atoms with Crippen molar-refractivity contribution in [3.63, 3.8) is 0 Å². The second kappa shape index (κ2) is 21.2. The summed E-state index contributed by atoms with van der Waals surface area (Å²) in [5.74, 6) is 0. The summed E-state index contributed by atoms with van der Waals surface area (Å²) in [6, 6.07) is 94.3. The van der Waals surface area contributed by atoms with Gasteiger partial charge in [-0.15, -0.1) is 0 Å². The molecule has 0 aliphatic carbocycles. The number of aryl methyl sites for hydroxylation is 3. The number of anilines is 3. The molecule has 310 valence electrons. The predicted octanol–water partition coefficient (Wildman–Crippen LogP) is 17.8. The van der Waals surface area contributed by atoms with E-state index in [9.17, 15) is 0 Å². The molecule has 0 N–H and O–H groups in total. The fraction of sp³-hybridized carbons (Fsp3) is 0.0476. The molecule has 0 fully saturated rings. The van der Waals surface area contributed by atoms with Gasteiger partial charge in [0.25, 0.3) is 0 Å². The van der Waals surface area contributed by atoms with Gasteiger partial charge in [-0.05, 0) is 113 Å². The average Bonchev–Trinajstić information content (AvgIpc) is 3.37. The van der Waals surface area contributed by atoms with Crippen LogP contribution in [0.25, 0.3) is 55.6 Å². The standard InChI is InChI=1S/C37H29N.2C13H12/c1-28-12-14-31(15-13-28)34-20-26-37(27-21-34)38(35-22-16-32(17-23-35)29-8-4-2-5-9-29)36-24-18-33(19-25-36)30-10-6-3-7-11-30;2*1-11-7-9-13(10-8-11)12-5-3-2-4-6-12/h2-27H,1H3;2*2-10H,1H3. The van der Waals surface area contributed by atoms with Crippen molar-refractivity contribution in [3.05, 3.63) is 284 Å². The third-order valence-corrected chi connectivity index (χ3v) is 11.3. The largest absolute Gasteiger partial charge is 0.311 e. The van der Waals surface area contributed by atoms with E-state index in [0.29, 0.717) is 0 Å². The van der Waals surface area contributed by atoms with Crippen LogP contribution in [0.2, 0.25) is 0 Å². The van der Waals surface area contributed by atoms with Crippen LogP contribution in [0, 0.1) is 20.8 Å². The summed E-state index contributed by atoms with van der Waals surface area (Å²) in [5.41, 5.74) is 19.7. The molecular formula is C63H53N. The van der Waals surface area contributed by atoms with Gasteiger partial charge in [-0.1, -0.05) is 247 Å². The Morgan fingerprint density at radius 2 is 0.328 bits per heavy atom. The molecule has 64 heavy (non-hydrogen) atoms. The van der Waals surface area contributed by atoms with Crippen LogP contribution in [0.3, 0.4) is 0 Å². The Hall–Kier alpha value is -8.00. The number of hydrogen-bond acceptors (Lipinski definition) is 1. The monoisotopic (exact) mass is 823 g/mol. The van der Waals surface area contributed by atoms with Gasteiger partial charge in [-0.3, -0.25) is 0 Å². The van der Waals surface area contributed by atoms with Crippen LogP contribution in [0.1, 0.15) is 16.7 Å². The number of rotatable bonds is 8. The lowest BCUT2D eigenvalue weighted by molar-refractivity contribution is 1.28. The highest BCUT2D eigenvalue weighted by molar-refractivity contribution is 5.81. The molecule has 0 aromatic heterocycles. The van der Waals surface area contributed by atoms with Gasteiger partial charge in [-0.2, -0.15) is 0 Å². The third kappa shape index (κ3) is 11.3. The van der Waals surface area contributed by atoms with E-state index in [4.69, 9.17) is 0 Å². The maximum atomic E-state index is 2.32. The van der Waals surface area contributed by atoms with Crippen molar-refractivity contribution >= 4 is 17.1 Å². The first-order valence-corrected chi connectivity index (χ1v) is 22.0. The molecule has 0 heterocycles. The van der Waals surface area contributed by atoms with Gasteiger partial charge in [0.1, 0.15) is 0 Å². The molecule has 0 saturated carbocycles. The summed E-state index contributed by atoms with van der Waals surface area (Å²) in [6.07, 6.45) is 0. The highest BCUT2D eigenvalue weighted by atomic mass is 15.1. The number of hydrogen-bond donors (Lipinski definition) is 0. The second-order valence-corrected chi connectivity index (χ2v) is 16.0. The molecule has 10 aromatic carbocycles. The molecule has 0 amide bonds. The molecule has 10 rings (SSSR count).